The molecule has 0 amide bonds. The predicted octanol–water partition coefficient (Wildman–Crippen LogP) is 4.55. The third-order valence-electron chi connectivity index (χ3n) is 4.75. The van der Waals surface area contributed by atoms with Gasteiger partial charge in [-0.1, -0.05) is 61.7 Å². The number of hydrogen-bond donors (Lipinski definition) is 1. The molecule has 3 rings (SSSR count). The highest BCUT2D eigenvalue weighted by atomic mass is 16.5. The number of rotatable bonds is 5. The molecule has 0 saturated heterocycles. The van der Waals surface area contributed by atoms with E-state index in [1.165, 1.54) is 0 Å². The Balaban J connectivity index is 1.80. The molecule has 0 radical (unpaired) electrons. The van der Waals surface area contributed by atoms with Gasteiger partial charge in [-0.3, -0.25) is 4.79 Å². The fourth-order valence-corrected chi connectivity index (χ4v) is 3.41. The molecular weight excluding hydrogens is 288 g/mol. The minimum atomic E-state index is -0.746. The summed E-state index contributed by atoms with van der Waals surface area (Å²) >= 11 is 0. The van der Waals surface area contributed by atoms with E-state index in [1.807, 2.05) is 54.6 Å². The van der Waals surface area contributed by atoms with E-state index in [-0.39, 0.29) is 0 Å². The van der Waals surface area contributed by atoms with Gasteiger partial charge < -0.3 is 9.84 Å². The molecule has 3 nitrogen and oxygen atoms in total. The molecule has 0 aromatic heterocycles. The standard InChI is InChI=1S/C20H22O3/c21-19(22)20(12-5-2-6-13-20)17-10-7-11-18(14-17)23-15-16-8-3-1-4-9-16/h1,3-4,7-11,14H,2,5-6,12-13,15H2,(H,21,22). The lowest BCUT2D eigenvalue weighted by atomic mass is 9.69. The van der Waals surface area contributed by atoms with Crippen LogP contribution in [0, 0.1) is 0 Å². The van der Waals surface area contributed by atoms with Crippen molar-refractivity contribution in [2.75, 3.05) is 0 Å². The van der Waals surface area contributed by atoms with Gasteiger partial charge in [-0.15, -0.1) is 0 Å². The highest BCUT2D eigenvalue weighted by Crippen LogP contribution is 2.40. The Kier molecular flexibility index (Phi) is 4.65. The lowest BCUT2D eigenvalue weighted by Crippen LogP contribution is -2.37. The molecule has 23 heavy (non-hydrogen) atoms. The van der Waals surface area contributed by atoms with Crippen molar-refractivity contribution in [1.29, 1.82) is 0 Å². The number of benzene rings is 2. The first-order valence-electron chi connectivity index (χ1n) is 8.21. The van der Waals surface area contributed by atoms with E-state index in [0.29, 0.717) is 19.4 Å². The van der Waals surface area contributed by atoms with Gasteiger partial charge in [0, 0.05) is 0 Å². The summed E-state index contributed by atoms with van der Waals surface area (Å²) in [4.78, 5) is 11.9. The summed E-state index contributed by atoms with van der Waals surface area (Å²) in [7, 11) is 0. The molecule has 120 valence electrons. The van der Waals surface area contributed by atoms with E-state index in [1.54, 1.807) is 0 Å². The normalized spacial score (nSPS) is 16.7. The average Bonchev–Trinajstić information content (AvgIpc) is 2.61. The van der Waals surface area contributed by atoms with Crippen molar-refractivity contribution in [3.63, 3.8) is 0 Å². The summed E-state index contributed by atoms with van der Waals surface area (Å²) in [6, 6.07) is 17.6. The summed E-state index contributed by atoms with van der Waals surface area (Å²) in [6.07, 6.45) is 4.50. The molecule has 0 heterocycles. The molecule has 1 saturated carbocycles. The Bertz CT molecular complexity index is 658. The van der Waals surface area contributed by atoms with Gasteiger partial charge in [0.25, 0.3) is 0 Å². The van der Waals surface area contributed by atoms with Crippen LogP contribution >= 0.6 is 0 Å². The fourth-order valence-electron chi connectivity index (χ4n) is 3.41. The number of ether oxygens (including phenoxy) is 1. The van der Waals surface area contributed by atoms with E-state index in [9.17, 15) is 9.90 Å². The van der Waals surface area contributed by atoms with Crippen LogP contribution in [-0.2, 0) is 16.8 Å². The maximum Gasteiger partial charge on any atom is 0.314 e. The van der Waals surface area contributed by atoms with Crippen LogP contribution < -0.4 is 4.74 Å². The molecule has 0 unspecified atom stereocenters. The molecule has 2 aromatic rings. The van der Waals surface area contributed by atoms with Gasteiger partial charge in [-0.25, -0.2) is 0 Å². The average molecular weight is 310 g/mol. The van der Waals surface area contributed by atoms with Gasteiger partial charge in [0.2, 0.25) is 0 Å². The highest BCUT2D eigenvalue weighted by molar-refractivity contribution is 5.81. The number of aliphatic carboxylic acids is 1. The minimum absolute atomic E-state index is 0.490. The number of hydrogen-bond acceptors (Lipinski definition) is 2. The molecule has 0 spiro atoms. The Hall–Kier alpha value is -2.29. The zero-order chi connectivity index (χ0) is 16.1. The molecule has 2 aromatic carbocycles. The lowest BCUT2D eigenvalue weighted by Gasteiger charge is -2.33. The minimum Gasteiger partial charge on any atom is -0.489 e. The molecule has 0 bridgehead atoms. The largest absolute Gasteiger partial charge is 0.489 e. The summed E-state index contributed by atoms with van der Waals surface area (Å²) in [6.45, 7) is 0.490. The van der Waals surface area contributed by atoms with Crippen molar-refractivity contribution >= 4 is 5.97 Å². The van der Waals surface area contributed by atoms with E-state index in [4.69, 9.17) is 4.74 Å². The maximum atomic E-state index is 11.9. The second-order valence-electron chi connectivity index (χ2n) is 6.25. The first kappa shape index (κ1) is 15.6. The molecule has 1 aliphatic carbocycles. The zero-order valence-electron chi connectivity index (χ0n) is 13.2. The van der Waals surface area contributed by atoms with Crippen LogP contribution in [0.1, 0.15) is 43.2 Å². The monoisotopic (exact) mass is 310 g/mol. The summed E-state index contributed by atoms with van der Waals surface area (Å²) in [5.41, 5.74) is 1.23. The zero-order valence-corrected chi connectivity index (χ0v) is 13.2. The smallest absolute Gasteiger partial charge is 0.314 e. The van der Waals surface area contributed by atoms with Gasteiger partial charge >= 0.3 is 5.97 Å². The quantitative estimate of drug-likeness (QED) is 0.881. The summed E-state index contributed by atoms with van der Waals surface area (Å²) < 4.78 is 5.86. The van der Waals surface area contributed by atoms with Gasteiger partial charge in [0.1, 0.15) is 12.4 Å². The SMILES string of the molecule is O=C(O)C1(c2cccc(OCc3ccccc3)c2)CCCCC1. The maximum absolute atomic E-state index is 11.9. The first-order valence-corrected chi connectivity index (χ1v) is 8.21. The Morgan fingerprint density at radius 1 is 1.00 bits per heavy atom. The van der Waals surface area contributed by atoms with Crippen molar-refractivity contribution in [3.8, 4) is 5.75 Å². The number of carboxylic acids is 1. The lowest BCUT2D eigenvalue weighted by molar-refractivity contribution is -0.145. The molecule has 1 fully saturated rings. The molecule has 1 N–H and O–H groups in total. The van der Waals surface area contributed by atoms with Crippen LogP contribution in [0.4, 0.5) is 0 Å². The van der Waals surface area contributed by atoms with Crippen molar-refractivity contribution in [2.24, 2.45) is 0 Å². The van der Waals surface area contributed by atoms with Crippen LogP contribution in [0.2, 0.25) is 0 Å². The van der Waals surface area contributed by atoms with Crippen molar-refractivity contribution in [3.05, 3.63) is 65.7 Å². The Labute approximate surface area is 136 Å². The summed E-state index contributed by atoms with van der Waals surface area (Å²) in [5, 5.41) is 9.80. The highest BCUT2D eigenvalue weighted by Gasteiger charge is 2.41. The van der Waals surface area contributed by atoms with Crippen LogP contribution in [0.5, 0.6) is 5.75 Å². The van der Waals surface area contributed by atoms with Crippen molar-refractivity contribution in [2.45, 2.75) is 44.1 Å². The Morgan fingerprint density at radius 2 is 1.74 bits per heavy atom. The van der Waals surface area contributed by atoms with Crippen LogP contribution in [0.25, 0.3) is 0 Å². The van der Waals surface area contributed by atoms with E-state index < -0.39 is 11.4 Å². The van der Waals surface area contributed by atoms with E-state index >= 15 is 0 Å². The Morgan fingerprint density at radius 3 is 2.43 bits per heavy atom. The molecule has 3 heteroatoms. The van der Waals surface area contributed by atoms with Crippen LogP contribution in [-0.4, -0.2) is 11.1 Å². The number of carbonyl (C=O) groups is 1. The van der Waals surface area contributed by atoms with E-state index in [2.05, 4.69) is 0 Å². The molecule has 1 aliphatic rings. The topological polar surface area (TPSA) is 46.5 Å². The second-order valence-corrected chi connectivity index (χ2v) is 6.25. The van der Waals surface area contributed by atoms with Crippen molar-refractivity contribution in [1.82, 2.24) is 0 Å². The third kappa shape index (κ3) is 3.39. The molecular formula is C20H22O3. The predicted molar refractivity (Wildman–Crippen MR) is 89.6 cm³/mol. The van der Waals surface area contributed by atoms with Crippen LogP contribution in [0.15, 0.2) is 54.6 Å². The van der Waals surface area contributed by atoms with Gasteiger partial charge in [0.05, 0.1) is 5.41 Å². The first-order chi connectivity index (χ1) is 11.2. The van der Waals surface area contributed by atoms with Crippen LogP contribution in [0.3, 0.4) is 0 Å². The van der Waals surface area contributed by atoms with Gasteiger partial charge in [-0.2, -0.15) is 0 Å². The molecule has 0 atom stereocenters. The third-order valence-corrected chi connectivity index (χ3v) is 4.75. The van der Waals surface area contributed by atoms with Gasteiger partial charge in [0.15, 0.2) is 0 Å². The fraction of sp³-hybridized carbons (Fsp3) is 0.350. The second kappa shape index (κ2) is 6.86. The molecule has 0 aliphatic heterocycles. The number of carboxylic acid groups (broad SMARTS) is 1. The summed E-state index contributed by atoms with van der Waals surface area (Å²) in [5.74, 6) is 0.0231. The van der Waals surface area contributed by atoms with E-state index in [0.717, 1.165) is 36.1 Å². The van der Waals surface area contributed by atoms with Gasteiger partial charge in [-0.05, 0) is 36.1 Å². The van der Waals surface area contributed by atoms with Crippen molar-refractivity contribution < 1.29 is 14.6 Å².